The number of rotatable bonds is 3. The fourth-order valence-corrected chi connectivity index (χ4v) is 2.21. The molecule has 1 aliphatic carbocycles. The second-order valence-electron chi connectivity index (χ2n) is 4.77. The van der Waals surface area contributed by atoms with Crippen LogP contribution in [0.5, 0.6) is 5.75 Å². The van der Waals surface area contributed by atoms with Gasteiger partial charge >= 0.3 is 0 Å². The molecule has 5 heteroatoms. The molecule has 0 bridgehead atoms. The Morgan fingerprint density at radius 2 is 2.17 bits per heavy atom. The zero-order valence-electron chi connectivity index (χ0n) is 10.2. The molecule has 1 aliphatic heterocycles. The van der Waals surface area contributed by atoms with E-state index >= 15 is 0 Å². The molecular formula is C13H17NO4. The molecule has 0 radical (unpaired) electrons. The Bertz CT molecular complexity index is 409. The van der Waals surface area contributed by atoms with E-state index < -0.39 is 0 Å². The first-order valence-electron chi connectivity index (χ1n) is 6.30. The maximum absolute atomic E-state index is 9.01. The second-order valence-corrected chi connectivity index (χ2v) is 4.77. The van der Waals surface area contributed by atoms with Gasteiger partial charge < -0.3 is 19.3 Å². The lowest BCUT2D eigenvalue weighted by Crippen LogP contribution is -2.52. The zero-order chi connectivity index (χ0) is 12.4. The molecule has 2 fully saturated rings. The summed E-state index contributed by atoms with van der Waals surface area (Å²) in [6, 6.07) is 3.50. The fourth-order valence-electron chi connectivity index (χ4n) is 2.21. The number of ether oxygens (including phenoxy) is 3. The van der Waals surface area contributed by atoms with Gasteiger partial charge in [-0.25, -0.2) is 0 Å². The summed E-state index contributed by atoms with van der Waals surface area (Å²) in [7, 11) is 0. The molecule has 1 aromatic rings. The minimum Gasteiger partial charge on any atom is -0.485 e. The minimum absolute atomic E-state index is 0.0853. The van der Waals surface area contributed by atoms with E-state index in [1.54, 1.807) is 18.3 Å². The smallest absolute Gasteiger partial charge is 0.168 e. The molecule has 1 saturated carbocycles. The minimum atomic E-state index is -0.311. The van der Waals surface area contributed by atoms with E-state index in [9.17, 15) is 0 Å². The van der Waals surface area contributed by atoms with Gasteiger partial charge in [-0.2, -0.15) is 0 Å². The van der Waals surface area contributed by atoms with Crippen molar-refractivity contribution < 1.29 is 19.3 Å². The molecule has 0 atom stereocenters. The molecule has 2 heterocycles. The van der Waals surface area contributed by atoms with Crippen LogP contribution in [0.4, 0.5) is 0 Å². The molecule has 5 nitrogen and oxygen atoms in total. The average molecular weight is 251 g/mol. The molecule has 0 unspecified atom stereocenters. The summed E-state index contributed by atoms with van der Waals surface area (Å²) in [5.74, 6) is 0.379. The van der Waals surface area contributed by atoms with Crippen molar-refractivity contribution in [2.75, 3.05) is 13.2 Å². The highest BCUT2D eigenvalue weighted by Gasteiger charge is 2.43. The number of nitrogens with zero attached hydrogens (tertiary/aromatic N) is 1. The van der Waals surface area contributed by atoms with Crippen molar-refractivity contribution >= 4 is 0 Å². The predicted molar refractivity (Wildman–Crippen MR) is 63.1 cm³/mol. The third-order valence-electron chi connectivity index (χ3n) is 3.43. The molecule has 2 aliphatic rings. The summed E-state index contributed by atoms with van der Waals surface area (Å²) in [5, 5.41) is 9.01. The first kappa shape index (κ1) is 11.9. The lowest BCUT2D eigenvalue weighted by Gasteiger charge is -2.45. The average Bonchev–Trinajstić information content (AvgIpc) is 2.38. The highest BCUT2D eigenvalue weighted by molar-refractivity contribution is 5.22. The van der Waals surface area contributed by atoms with Crippen molar-refractivity contribution in [3.63, 3.8) is 0 Å². The van der Waals surface area contributed by atoms with Gasteiger partial charge in [-0.15, -0.1) is 0 Å². The molecule has 1 aromatic heterocycles. The molecule has 1 saturated heterocycles. The first-order valence-corrected chi connectivity index (χ1v) is 6.30. The van der Waals surface area contributed by atoms with E-state index in [1.807, 2.05) is 0 Å². The number of hydrogen-bond acceptors (Lipinski definition) is 5. The van der Waals surface area contributed by atoms with Crippen LogP contribution in [0.3, 0.4) is 0 Å². The van der Waals surface area contributed by atoms with E-state index in [4.69, 9.17) is 19.3 Å². The summed E-state index contributed by atoms with van der Waals surface area (Å²) in [4.78, 5) is 4.00. The Morgan fingerprint density at radius 1 is 1.39 bits per heavy atom. The van der Waals surface area contributed by atoms with Crippen LogP contribution in [0, 0.1) is 0 Å². The van der Waals surface area contributed by atoms with Gasteiger partial charge in [-0.05, 0) is 12.5 Å². The third kappa shape index (κ3) is 2.34. The number of aliphatic hydroxyl groups is 1. The van der Waals surface area contributed by atoms with E-state index in [0.717, 1.165) is 12.8 Å². The standard InChI is InChI=1S/C13H17NO4/c15-7-10-6-11(2-5-14-10)18-12-8-16-13(17-9-12)3-1-4-13/h2,5-6,12,15H,1,3-4,7-9H2. The van der Waals surface area contributed by atoms with Crippen LogP contribution in [-0.4, -0.2) is 35.2 Å². The second kappa shape index (κ2) is 4.84. The fraction of sp³-hybridized carbons (Fsp3) is 0.615. The van der Waals surface area contributed by atoms with Crippen molar-refractivity contribution in [2.24, 2.45) is 0 Å². The van der Waals surface area contributed by atoms with Crippen molar-refractivity contribution in [3.8, 4) is 5.75 Å². The van der Waals surface area contributed by atoms with Gasteiger partial charge in [-0.3, -0.25) is 4.98 Å². The van der Waals surface area contributed by atoms with E-state index in [2.05, 4.69) is 4.98 Å². The third-order valence-corrected chi connectivity index (χ3v) is 3.43. The van der Waals surface area contributed by atoms with Gasteiger partial charge in [-0.1, -0.05) is 0 Å². The highest BCUT2D eigenvalue weighted by atomic mass is 16.7. The van der Waals surface area contributed by atoms with Gasteiger partial charge in [0.15, 0.2) is 5.79 Å². The maximum Gasteiger partial charge on any atom is 0.168 e. The van der Waals surface area contributed by atoms with Crippen molar-refractivity contribution in [3.05, 3.63) is 24.0 Å². The van der Waals surface area contributed by atoms with Crippen LogP contribution in [0.1, 0.15) is 25.0 Å². The highest BCUT2D eigenvalue weighted by Crippen LogP contribution is 2.39. The molecule has 18 heavy (non-hydrogen) atoms. The first-order chi connectivity index (χ1) is 8.80. The summed E-state index contributed by atoms with van der Waals surface area (Å²) in [6.07, 6.45) is 4.69. The van der Waals surface area contributed by atoms with Gasteiger partial charge in [0.25, 0.3) is 0 Å². The Balaban J connectivity index is 1.56. The Morgan fingerprint density at radius 3 is 2.78 bits per heavy atom. The van der Waals surface area contributed by atoms with Gasteiger partial charge in [0.2, 0.25) is 0 Å². The van der Waals surface area contributed by atoms with Crippen molar-refractivity contribution in [1.29, 1.82) is 0 Å². The van der Waals surface area contributed by atoms with Gasteiger partial charge in [0, 0.05) is 25.1 Å². The topological polar surface area (TPSA) is 60.8 Å². The maximum atomic E-state index is 9.01. The molecule has 98 valence electrons. The van der Waals surface area contributed by atoms with Crippen LogP contribution >= 0.6 is 0 Å². The molecule has 3 rings (SSSR count). The predicted octanol–water partition coefficient (Wildman–Crippen LogP) is 1.25. The van der Waals surface area contributed by atoms with E-state index in [-0.39, 0.29) is 18.5 Å². The normalized spacial score (nSPS) is 22.7. The summed E-state index contributed by atoms with van der Waals surface area (Å²) in [5.41, 5.74) is 0.598. The quantitative estimate of drug-likeness (QED) is 0.876. The van der Waals surface area contributed by atoms with E-state index in [1.165, 1.54) is 6.42 Å². The van der Waals surface area contributed by atoms with Crippen LogP contribution in [0.15, 0.2) is 18.3 Å². The number of aliphatic hydroxyl groups excluding tert-OH is 1. The molecule has 1 spiro atoms. The van der Waals surface area contributed by atoms with Crippen molar-refractivity contribution in [1.82, 2.24) is 4.98 Å². The molecule has 0 aromatic carbocycles. The summed E-state index contributed by atoms with van der Waals surface area (Å²) >= 11 is 0. The van der Waals surface area contributed by atoms with Crippen LogP contribution < -0.4 is 4.74 Å². The number of pyridine rings is 1. The Hall–Kier alpha value is -1.17. The number of aromatic nitrogens is 1. The SMILES string of the molecule is OCc1cc(OC2COC3(CCC3)OC2)ccn1. The molecule has 1 N–H and O–H groups in total. The monoisotopic (exact) mass is 251 g/mol. The molecular weight excluding hydrogens is 234 g/mol. The van der Waals surface area contributed by atoms with Crippen molar-refractivity contribution in [2.45, 2.75) is 37.8 Å². The van der Waals surface area contributed by atoms with Crippen LogP contribution in [0.25, 0.3) is 0 Å². The summed E-state index contributed by atoms with van der Waals surface area (Å²) in [6.45, 7) is 1.02. The van der Waals surface area contributed by atoms with Crippen LogP contribution in [-0.2, 0) is 16.1 Å². The van der Waals surface area contributed by atoms with E-state index in [0.29, 0.717) is 24.7 Å². The Labute approximate surface area is 106 Å². The zero-order valence-corrected chi connectivity index (χ0v) is 10.2. The summed E-state index contributed by atoms with van der Waals surface area (Å²) < 4.78 is 17.2. The van der Waals surface area contributed by atoms with Gasteiger partial charge in [0.1, 0.15) is 11.9 Å². The molecule has 0 amide bonds. The Kier molecular flexibility index (Phi) is 3.20. The van der Waals surface area contributed by atoms with Crippen LogP contribution in [0.2, 0.25) is 0 Å². The number of hydrogen-bond donors (Lipinski definition) is 1. The lowest BCUT2D eigenvalue weighted by molar-refractivity contribution is -0.320. The largest absolute Gasteiger partial charge is 0.485 e. The lowest BCUT2D eigenvalue weighted by atomic mass is 9.90. The van der Waals surface area contributed by atoms with Gasteiger partial charge in [0.05, 0.1) is 25.5 Å².